The van der Waals surface area contributed by atoms with Crippen molar-refractivity contribution in [2.75, 3.05) is 25.5 Å². The summed E-state index contributed by atoms with van der Waals surface area (Å²) >= 11 is 0. The molecule has 0 radical (unpaired) electrons. The summed E-state index contributed by atoms with van der Waals surface area (Å²) in [7, 11) is 1.80. The van der Waals surface area contributed by atoms with Crippen LogP contribution in [0.5, 0.6) is 0 Å². The van der Waals surface area contributed by atoms with E-state index in [2.05, 4.69) is 51.3 Å². The van der Waals surface area contributed by atoms with Gasteiger partial charge in [0.1, 0.15) is 0 Å². The molecule has 3 N–H and O–H groups in total. The summed E-state index contributed by atoms with van der Waals surface area (Å²) in [4.78, 5) is 16.4. The van der Waals surface area contributed by atoms with Gasteiger partial charge in [-0.3, -0.25) is 9.79 Å². The molecule has 0 saturated carbocycles. The Labute approximate surface area is 189 Å². The minimum absolute atomic E-state index is 0. The van der Waals surface area contributed by atoms with E-state index < -0.39 is 0 Å². The predicted octanol–water partition coefficient (Wildman–Crippen LogP) is 4.02. The lowest BCUT2D eigenvalue weighted by Crippen LogP contribution is -2.42. The van der Waals surface area contributed by atoms with E-state index in [9.17, 15) is 4.79 Å². The molecule has 2 atom stereocenters. The second kappa shape index (κ2) is 10.1. The molecule has 1 aliphatic heterocycles. The molecule has 5 nitrogen and oxygen atoms in total. The highest BCUT2D eigenvalue weighted by Crippen LogP contribution is 2.32. The van der Waals surface area contributed by atoms with E-state index >= 15 is 0 Å². The van der Waals surface area contributed by atoms with Crippen LogP contribution in [0.1, 0.15) is 47.8 Å². The van der Waals surface area contributed by atoms with Crippen molar-refractivity contribution in [2.24, 2.45) is 4.99 Å². The van der Waals surface area contributed by atoms with Crippen LogP contribution in [0.3, 0.4) is 0 Å². The summed E-state index contributed by atoms with van der Waals surface area (Å²) in [5, 5.41) is 9.87. The van der Waals surface area contributed by atoms with Gasteiger partial charge < -0.3 is 16.0 Å². The average Bonchev–Trinajstić information content (AvgIpc) is 2.73. The number of fused-ring (bicyclic) bond motifs is 2. The lowest BCUT2D eigenvalue weighted by atomic mass is 9.83. The van der Waals surface area contributed by atoms with Gasteiger partial charge in [0.05, 0.1) is 0 Å². The van der Waals surface area contributed by atoms with Gasteiger partial charge >= 0.3 is 0 Å². The van der Waals surface area contributed by atoms with Gasteiger partial charge in [-0.1, -0.05) is 42.5 Å². The van der Waals surface area contributed by atoms with Crippen LogP contribution < -0.4 is 16.0 Å². The fourth-order valence-corrected chi connectivity index (χ4v) is 4.41. The van der Waals surface area contributed by atoms with Crippen LogP contribution in [0.4, 0.5) is 5.69 Å². The maximum atomic E-state index is 12.0. The summed E-state index contributed by atoms with van der Waals surface area (Å²) in [5.74, 6) is 1.54. The molecule has 2 unspecified atom stereocenters. The van der Waals surface area contributed by atoms with Gasteiger partial charge in [0, 0.05) is 44.1 Å². The van der Waals surface area contributed by atoms with Crippen LogP contribution in [-0.4, -0.2) is 32.0 Å². The van der Waals surface area contributed by atoms with Gasteiger partial charge in [0.25, 0.3) is 0 Å². The SMILES string of the molecule is CN=C(NCC1CCCc2ccccc21)NCC1CC(=O)Nc2ccccc21.I. The smallest absolute Gasteiger partial charge is 0.225 e. The highest BCUT2D eigenvalue weighted by atomic mass is 127. The number of amides is 1. The lowest BCUT2D eigenvalue weighted by molar-refractivity contribution is -0.116. The van der Waals surface area contributed by atoms with Crippen LogP contribution in [0, 0.1) is 0 Å². The number of aryl methyl sites for hydroxylation is 1. The van der Waals surface area contributed by atoms with Crippen molar-refractivity contribution in [1.82, 2.24) is 10.6 Å². The molecular weight excluding hydrogens is 475 g/mol. The Morgan fingerprint density at radius 2 is 1.72 bits per heavy atom. The monoisotopic (exact) mass is 504 g/mol. The number of halogens is 1. The topological polar surface area (TPSA) is 65.5 Å². The quantitative estimate of drug-likeness (QED) is 0.335. The minimum Gasteiger partial charge on any atom is -0.356 e. The lowest BCUT2D eigenvalue weighted by Gasteiger charge is -2.28. The van der Waals surface area contributed by atoms with E-state index in [0.29, 0.717) is 18.9 Å². The molecule has 1 aliphatic carbocycles. The molecule has 1 amide bonds. The van der Waals surface area contributed by atoms with E-state index in [4.69, 9.17) is 0 Å². The zero-order chi connectivity index (χ0) is 19.3. The van der Waals surface area contributed by atoms with Crippen LogP contribution in [-0.2, 0) is 11.2 Å². The first-order valence-corrected chi connectivity index (χ1v) is 10.2. The Bertz CT molecular complexity index is 883. The summed E-state index contributed by atoms with van der Waals surface area (Å²) in [6.07, 6.45) is 4.13. The van der Waals surface area contributed by atoms with Gasteiger partial charge in [0.2, 0.25) is 5.91 Å². The Balaban J connectivity index is 0.00000240. The molecule has 2 aromatic carbocycles. The van der Waals surface area contributed by atoms with Crippen molar-refractivity contribution in [1.29, 1.82) is 0 Å². The first kappa shape index (κ1) is 21.6. The fraction of sp³-hybridized carbons (Fsp3) is 0.391. The second-order valence-electron chi connectivity index (χ2n) is 7.66. The van der Waals surface area contributed by atoms with Gasteiger partial charge in [-0.15, -0.1) is 24.0 Å². The molecule has 0 aromatic heterocycles. The highest BCUT2D eigenvalue weighted by Gasteiger charge is 2.25. The second-order valence-corrected chi connectivity index (χ2v) is 7.66. The number of rotatable bonds is 4. The van der Waals surface area contributed by atoms with Gasteiger partial charge in [-0.05, 0) is 42.0 Å². The number of aliphatic imine (C=N–C) groups is 1. The molecule has 1 heterocycles. The summed E-state index contributed by atoms with van der Waals surface area (Å²) in [6, 6.07) is 16.8. The Hall–Kier alpha value is -2.09. The summed E-state index contributed by atoms with van der Waals surface area (Å²) < 4.78 is 0. The number of hydrogen-bond donors (Lipinski definition) is 3. The van der Waals surface area contributed by atoms with Crippen molar-refractivity contribution in [3.63, 3.8) is 0 Å². The molecule has 0 spiro atoms. The van der Waals surface area contributed by atoms with Crippen LogP contribution in [0.25, 0.3) is 0 Å². The van der Waals surface area contributed by atoms with Crippen LogP contribution >= 0.6 is 24.0 Å². The van der Waals surface area contributed by atoms with E-state index in [1.807, 2.05) is 18.2 Å². The van der Waals surface area contributed by atoms with Crippen LogP contribution in [0.15, 0.2) is 53.5 Å². The number of guanidine groups is 1. The number of nitrogens with one attached hydrogen (secondary N) is 3. The van der Waals surface area contributed by atoms with E-state index in [1.54, 1.807) is 7.05 Å². The molecule has 6 heteroatoms. The van der Waals surface area contributed by atoms with Crippen molar-refractivity contribution in [3.05, 3.63) is 65.2 Å². The zero-order valence-corrected chi connectivity index (χ0v) is 19.1. The van der Waals surface area contributed by atoms with Crippen molar-refractivity contribution >= 4 is 41.5 Å². The zero-order valence-electron chi connectivity index (χ0n) is 16.8. The van der Waals surface area contributed by atoms with Crippen molar-refractivity contribution in [3.8, 4) is 0 Å². The summed E-state index contributed by atoms with van der Waals surface area (Å²) in [6.45, 7) is 1.56. The van der Waals surface area contributed by atoms with Crippen molar-refractivity contribution in [2.45, 2.75) is 37.5 Å². The number of carbonyl (C=O) groups excluding carboxylic acids is 1. The number of hydrogen-bond acceptors (Lipinski definition) is 2. The molecule has 0 bridgehead atoms. The minimum atomic E-state index is 0. The molecule has 2 aromatic rings. The standard InChI is InChI=1S/C23H28N4O.HI/c1-24-23(25-14-17-9-6-8-16-7-2-3-10-19(16)17)26-15-18-13-22(28)27-21-12-5-4-11-20(18)21;/h2-5,7,10-12,17-18H,6,8-9,13-15H2,1H3,(H,27,28)(H2,24,25,26);1H. The fourth-order valence-electron chi connectivity index (χ4n) is 4.41. The van der Waals surface area contributed by atoms with Crippen LogP contribution in [0.2, 0.25) is 0 Å². The molecule has 29 heavy (non-hydrogen) atoms. The normalized spacial score (nSPS) is 20.6. The van der Waals surface area contributed by atoms with Crippen molar-refractivity contribution < 1.29 is 4.79 Å². The third-order valence-electron chi connectivity index (χ3n) is 5.86. The maximum absolute atomic E-state index is 12.0. The first-order valence-electron chi connectivity index (χ1n) is 10.2. The number of carbonyl (C=O) groups is 1. The van der Waals surface area contributed by atoms with E-state index in [1.165, 1.54) is 36.0 Å². The molecule has 154 valence electrons. The number of benzene rings is 2. The van der Waals surface area contributed by atoms with Gasteiger partial charge in [-0.2, -0.15) is 0 Å². The largest absolute Gasteiger partial charge is 0.356 e. The number of nitrogens with zero attached hydrogens (tertiary/aromatic N) is 1. The van der Waals surface area contributed by atoms with E-state index in [0.717, 1.165) is 18.2 Å². The molecule has 0 fully saturated rings. The first-order chi connectivity index (χ1) is 13.7. The van der Waals surface area contributed by atoms with Gasteiger partial charge in [-0.25, -0.2) is 0 Å². The average molecular weight is 504 g/mol. The Kier molecular flexibility index (Phi) is 7.52. The third kappa shape index (κ3) is 5.10. The third-order valence-corrected chi connectivity index (χ3v) is 5.86. The highest BCUT2D eigenvalue weighted by molar-refractivity contribution is 14.0. The van der Waals surface area contributed by atoms with E-state index in [-0.39, 0.29) is 35.8 Å². The molecule has 4 rings (SSSR count). The van der Waals surface area contributed by atoms with Gasteiger partial charge in [0.15, 0.2) is 5.96 Å². The number of anilines is 1. The Morgan fingerprint density at radius 1 is 1.03 bits per heavy atom. The molecule has 2 aliphatic rings. The maximum Gasteiger partial charge on any atom is 0.225 e. The summed E-state index contributed by atoms with van der Waals surface area (Å²) in [5.41, 5.74) is 5.06. The Morgan fingerprint density at radius 3 is 2.52 bits per heavy atom. The predicted molar refractivity (Wildman–Crippen MR) is 129 cm³/mol. The number of para-hydroxylation sites is 1. The molecular formula is C23H29IN4O. The molecule has 0 saturated heterocycles.